The van der Waals surface area contributed by atoms with Gasteiger partial charge in [0.05, 0.1) is 0 Å². The quantitative estimate of drug-likeness (QED) is 0.782. The Morgan fingerprint density at radius 2 is 1.71 bits per heavy atom. The van der Waals surface area contributed by atoms with Crippen molar-refractivity contribution < 1.29 is 8.78 Å². The summed E-state index contributed by atoms with van der Waals surface area (Å²) in [7, 11) is 0. The van der Waals surface area contributed by atoms with Crippen molar-refractivity contribution in [3.05, 3.63) is 59.2 Å². The molecule has 4 rings (SSSR count). The summed E-state index contributed by atoms with van der Waals surface area (Å²) in [6, 6.07) is 14.6. The number of nitrogens with one attached hydrogen (secondary N) is 1. The summed E-state index contributed by atoms with van der Waals surface area (Å²) in [5, 5.41) is 3.30. The highest BCUT2D eigenvalue weighted by Gasteiger charge is 2.27. The van der Waals surface area contributed by atoms with Gasteiger partial charge in [-0.05, 0) is 34.2 Å². The van der Waals surface area contributed by atoms with Crippen LogP contribution in [0.3, 0.4) is 0 Å². The normalized spacial score (nSPS) is 18.5. The maximum atomic E-state index is 13.2. The third-order valence-corrected chi connectivity index (χ3v) is 5.20. The van der Waals surface area contributed by atoms with Crippen molar-refractivity contribution in [1.82, 2.24) is 10.2 Å². The molecular formula is C20H22F2N2. The molecule has 1 aliphatic heterocycles. The molecule has 0 aromatic heterocycles. The molecule has 2 aromatic carbocycles. The number of rotatable bonds is 4. The number of alkyl halides is 2. The number of benzene rings is 2. The fourth-order valence-corrected chi connectivity index (χ4v) is 4.03. The van der Waals surface area contributed by atoms with Gasteiger partial charge in [0.2, 0.25) is 6.43 Å². The summed E-state index contributed by atoms with van der Waals surface area (Å²) in [5.74, 6) is 0. The van der Waals surface area contributed by atoms with Crippen molar-refractivity contribution in [2.75, 3.05) is 26.2 Å². The van der Waals surface area contributed by atoms with E-state index in [1.165, 1.54) is 22.3 Å². The van der Waals surface area contributed by atoms with Gasteiger partial charge >= 0.3 is 0 Å². The van der Waals surface area contributed by atoms with E-state index < -0.39 is 6.43 Å². The van der Waals surface area contributed by atoms with Gasteiger partial charge in [-0.2, -0.15) is 0 Å². The largest absolute Gasteiger partial charge is 0.314 e. The number of halogens is 2. The van der Waals surface area contributed by atoms with Gasteiger partial charge in [-0.25, -0.2) is 8.78 Å². The first-order chi connectivity index (χ1) is 11.7. The van der Waals surface area contributed by atoms with Crippen LogP contribution in [0.4, 0.5) is 8.78 Å². The highest BCUT2D eigenvalue weighted by atomic mass is 19.3. The van der Waals surface area contributed by atoms with Crippen LogP contribution in [-0.2, 0) is 6.42 Å². The van der Waals surface area contributed by atoms with E-state index in [2.05, 4.69) is 52.7 Å². The van der Waals surface area contributed by atoms with Crippen LogP contribution < -0.4 is 5.32 Å². The molecule has 0 radical (unpaired) electrons. The van der Waals surface area contributed by atoms with Crippen LogP contribution in [-0.4, -0.2) is 37.5 Å². The predicted octanol–water partition coefficient (Wildman–Crippen LogP) is 3.86. The molecule has 1 fully saturated rings. The molecule has 2 aromatic rings. The Balaban J connectivity index is 1.66. The molecule has 24 heavy (non-hydrogen) atoms. The van der Waals surface area contributed by atoms with Gasteiger partial charge in [-0.1, -0.05) is 42.5 Å². The van der Waals surface area contributed by atoms with Crippen LogP contribution in [0.5, 0.6) is 0 Å². The Kier molecular flexibility index (Phi) is 4.33. The molecule has 0 unspecified atom stereocenters. The number of piperazine rings is 1. The molecule has 0 saturated carbocycles. The fraction of sp³-hybridized carbons (Fsp3) is 0.400. The van der Waals surface area contributed by atoms with E-state index in [0.717, 1.165) is 38.2 Å². The van der Waals surface area contributed by atoms with Gasteiger partial charge in [0.1, 0.15) is 0 Å². The molecule has 4 heteroatoms. The smallest absolute Gasteiger partial charge is 0.240 e. The highest BCUT2D eigenvalue weighted by molar-refractivity contribution is 5.77. The van der Waals surface area contributed by atoms with Gasteiger partial charge in [0.25, 0.3) is 0 Å². The molecule has 1 aliphatic carbocycles. The Hall–Kier alpha value is -1.78. The SMILES string of the molecule is FC(F)C[C@H](c1ccc2c(c1)Cc1ccccc1-2)N1CCNCC1. The first kappa shape index (κ1) is 15.7. The van der Waals surface area contributed by atoms with Crippen molar-refractivity contribution in [2.45, 2.75) is 25.3 Å². The lowest BCUT2D eigenvalue weighted by Gasteiger charge is -2.35. The predicted molar refractivity (Wildman–Crippen MR) is 92.5 cm³/mol. The first-order valence-corrected chi connectivity index (χ1v) is 8.66. The van der Waals surface area contributed by atoms with E-state index >= 15 is 0 Å². The first-order valence-electron chi connectivity index (χ1n) is 8.66. The lowest BCUT2D eigenvalue weighted by molar-refractivity contribution is 0.0739. The summed E-state index contributed by atoms with van der Waals surface area (Å²) in [4.78, 5) is 2.20. The Morgan fingerprint density at radius 3 is 2.50 bits per heavy atom. The fourth-order valence-electron chi connectivity index (χ4n) is 4.03. The number of fused-ring (bicyclic) bond motifs is 3. The van der Waals surface area contributed by atoms with Gasteiger partial charge < -0.3 is 5.32 Å². The van der Waals surface area contributed by atoms with Crippen LogP contribution >= 0.6 is 0 Å². The summed E-state index contributed by atoms with van der Waals surface area (Å²) < 4.78 is 26.3. The van der Waals surface area contributed by atoms with Gasteiger partial charge in [-0.15, -0.1) is 0 Å². The zero-order chi connectivity index (χ0) is 16.5. The second kappa shape index (κ2) is 6.61. The van der Waals surface area contributed by atoms with E-state index in [1.54, 1.807) is 0 Å². The van der Waals surface area contributed by atoms with E-state index in [4.69, 9.17) is 0 Å². The van der Waals surface area contributed by atoms with Gasteiger partial charge in [0.15, 0.2) is 0 Å². The Labute approximate surface area is 141 Å². The average molecular weight is 328 g/mol. The molecule has 126 valence electrons. The molecule has 1 N–H and O–H groups in total. The highest BCUT2D eigenvalue weighted by Crippen LogP contribution is 2.39. The summed E-state index contributed by atoms with van der Waals surface area (Å²) >= 11 is 0. The molecule has 0 amide bonds. The van der Waals surface area contributed by atoms with Crippen molar-refractivity contribution in [1.29, 1.82) is 0 Å². The third kappa shape index (κ3) is 2.96. The summed E-state index contributed by atoms with van der Waals surface area (Å²) in [5.41, 5.74) is 6.17. The maximum Gasteiger partial charge on any atom is 0.240 e. The summed E-state index contributed by atoms with van der Waals surface area (Å²) in [6.07, 6.45) is -1.47. The van der Waals surface area contributed by atoms with Crippen molar-refractivity contribution in [3.63, 3.8) is 0 Å². The number of nitrogens with zero attached hydrogens (tertiary/aromatic N) is 1. The van der Waals surface area contributed by atoms with E-state index in [9.17, 15) is 8.78 Å². The lowest BCUT2D eigenvalue weighted by atomic mass is 9.96. The monoisotopic (exact) mass is 328 g/mol. The molecule has 1 heterocycles. The minimum atomic E-state index is -2.28. The van der Waals surface area contributed by atoms with Crippen molar-refractivity contribution in [3.8, 4) is 11.1 Å². The second-order valence-corrected chi connectivity index (χ2v) is 6.68. The standard InChI is InChI=1S/C20H22F2N2/c21-20(22)13-19(24-9-7-23-8-10-24)15-5-6-18-16(12-15)11-14-3-1-2-4-17(14)18/h1-6,12,19-20,23H,7-11,13H2/t19-/m1/s1. The number of hydrogen-bond donors (Lipinski definition) is 1. The average Bonchev–Trinajstić information content (AvgIpc) is 2.98. The lowest BCUT2D eigenvalue weighted by Crippen LogP contribution is -2.45. The van der Waals surface area contributed by atoms with E-state index in [0.29, 0.717) is 0 Å². The maximum absolute atomic E-state index is 13.2. The minimum Gasteiger partial charge on any atom is -0.314 e. The van der Waals surface area contributed by atoms with Crippen molar-refractivity contribution >= 4 is 0 Å². The van der Waals surface area contributed by atoms with Crippen LogP contribution in [0.1, 0.15) is 29.2 Å². The molecule has 2 aliphatic rings. The summed E-state index contributed by atoms with van der Waals surface area (Å²) in [6.45, 7) is 3.40. The number of hydrogen-bond acceptors (Lipinski definition) is 2. The van der Waals surface area contributed by atoms with Crippen LogP contribution in [0.25, 0.3) is 11.1 Å². The van der Waals surface area contributed by atoms with Gasteiger partial charge in [-0.3, -0.25) is 4.90 Å². The topological polar surface area (TPSA) is 15.3 Å². The molecule has 2 nitrogen and oxygen atoms in total. The minimum absolute atomic E-state index is 0.0915. The second-order valence-electron chi connectivity index (χ2n) is 6.68. The van der Waals surface area contributed by atoms with Crippen LogP contribution in [0.15, 0.2) is 42.5 Å². The zero-order valence-electron chi connectivity index (χ0n) is 13.6. The molecular weight excluding hydrogens is 306 g/mol. The van der Waals surface area contributed by atoms with Crippen molar-refractivity contribution in [2.24, 2.45) is 0 Å². The van der Waals surface area contributed by atoms with E-state index in [-0.39, 0.29) is 12.5 Å². The van der Waals surface area contributed by atoms with Crippen LogP contribution in [0, 0.1) is 0 Å². The molecule has 0 bridgehead atoms. The molecule has 0 spiro atoms. The van der Waals surface area contributed by atoms with E-state index in [1.807, 2.05) is 0 Å². The Bertz CT molecular complexity index is 723. The van der Waals surface area contributed by atoms with Crippen LogP contribution in [0.2, 0.25) is 0 Å². The molecule has 1 atom stereocenters. The third-order valence-electron chi connectivity index (χ3n) is 5.20. The Morgan fingerprint density at radius 1 is 0.958 bits per heavy atom. The zero-order valence-corrected chi connectivity index (χ0v) is 13.6. The molecule has 1 saturated heterocycles. The van der Waals surface area contributed by atoms with Gasteiger partial charge in [0, 0.05) is 38.6 Å².